The van der Waals surface area contributed by atoms with Crippen molar-refractivity contribution in [1.29, 1.82) is 0 Å². The van der Waals surface area contributed by atoms with Crippen molar-refractivity contribution in [3.63, 3.8) is 0 Å². The Kier molecular flexibility index (Phi) is 7.60. The Bertz CT molecular complexity index is 1100. The van der Waals surface area contributed by atoms with E-state index in [1.54, 1.807) is 22.0 Å². The molecule has 3 heterocycles. The lowest BCUT2D eigenvalue weighted by Crippen LogP contribution is -2.60. The Morgan fingerprint density at radius 3 is 2.34 bits per heavy atom. The zero-order chi connectivity index (χ0) is 27.9. The second kappa shape index (κ2) is 10.3. The molecule has 0 aromatic heterocycles. The van der Waals surface area contributed by atoms with E-state index in [-0.39, 0.29) is 37.4 Å². The number of carbonyl (C=O) groups is 3. The van der Waals surface area contributed by atoms with Crippen LogP contribution >= 0.6 is 0 Å². The highest BCUT2D eigenvalue weighted by Crippen LogP contribution is 2.64. The van der Waals surface area contributed by atoms with Crippen LogP contribution in [-0.2, 0) is 19.1 Å². The molecule has 0 aliphatic carbocycles. The topological polar surface area (TPSA) is 90.4 Å². The predicted molar refractivity (Wildman–Crippen MR) is 146 cm³/mol. The molecule has 38 heavy (non-hydrogen) atoms. The van der Waals surface area contributed by atoms with Gasteiger partial charge in [-0.25, -0.2) is 0 Å². The second-order valence-electron chi connectivity index (χ2n) is 11.6. The molecule has 206 valence electrons. The number of rotatable bonds is 10. The van der Waals surface area contributed by atoms with Gasteiger partial charge in [0, 0.05) is 30.9 Å². The number of ether oxygens (including phenoxy) is 1. The highest BCUT2D eigenvalue weighted by Gasteiger charge is 2.79. The molecule has 8 nitrogen and oxygen atoms in total. The maximum absolute atomic E-state index is 14.4. The zero-order valence-electron chi connectivity index (χ0n) is 23.1. The summed E-state index contributed by atoms with van der Waals surface area (Å²) in [5.41, 5.74) is -1.80. The minimum absolute atomic E-state index is 0.00197. The number of aliphatic hydroxyl groups excluding tert-OH is 1. The van der Waals surface area contributed by atoms with Crippen LogP contribution in [0.3, 0.4) is 0 Å². The summed E-state index contributed by atoms with van der Waals surface area (Å²) in [6.07, 6.45) is 4.96. The number of carbonyl (C=O) groups excluding carboxylic acids is 3. The van der Waals surface area contributed by atoms with Gasteiger partial charge in [0.25, 0.3) is 0 Å². The molecule has 4 rings (SSSR count). The Labute approximate surface area is 225 Å². The first-order valence-corrected chi connectivity index (χ1v) is 13.5. The van der Waals surface area contributed by atoms with E-state index in [0.29, 0.717) is 25.8 Å². The Hall–Kier alpha value is -2.97. The molecule has 1 N–H and O–H groups in total. The summed E-state index contributed by atoms with van der Waals surface area (Å²) in [4.78, 5) is 47.6. The monoisotopic (exact) mass is 523 g/mol. The van der Waals surface area contributed by atoms with Crippen molar-refractivity contribution in [2.75, 3.05) is 31.1 Å². The molecular formula is C30H41N3O5. The molecule has 3 amide bonds. The number of β-amino-alcohol motifs (C(OH)–C–C–N with tert-alkyl or cyclic N) is 1. The fourth-order valence-corrected chi connectivity index (χ4v) is 6.92. The van der Waals surface area contributed by atoms with Crippen LogP contribution in [0.15, 0.2) is 55.6 Å². The molecule has 0 saturated carbocycles. The van der Waals surface area contributed by atoms with Crippen LogP contribution in [0.1, 0.15) is 47.0 Å². The van der Waals surface area contributed by atoms with Gasteiger partial charge in [0.2, 0.25) is 17.7 Å². The molecule has 1 aromatic rings. The fraction of sp³-hybridized carbons (Fsp3) is 0.567. The molecule has 3 saturated heterocycles. The molecule has 3 aliphatic rings. The summed E-state index contributed by atoms with van der Waals surface area (Å²) < 4.78 is 6.85. The molecule has 2 bridgehead atoms. The number of hydrogen-bond acceptors (Lipinski definition) is 5. The molecule has 8 heteroatoms. The Balaban J connectivity index is 1.83. The van der Waals surface area contributed by atoms with E-state index in [4.69, 9.17) is 4.74 Å². The van der Waals surface area contributed by atoms with Crippen molar-refractivity contribution in [1.82, 2.24) is 9.80 Å². The summed E-state index contributed by atoms with van der Waals surface area (Å²) in [6.45, 7) is 15.8. The van der Waals surface area contributed by atoms with Crippen LogP contribution in [0, 0.1) is 11.8 Å². The largest absolute Gasteiger partial charge is 0.395 e. The predicted octanol–water partition coefficient (Wildman–Crippen LogP) is 3.17. The standard InChI is InChI=1S/C30H41N3O5/c1-7-17-31(21-13-11-10-12-14-21)25(35)22-23-26(36)32(19-20-34)24(27(37)33(18-8-2)28(4,5)6)30(23)16-15-29(22,9-3)38-30/h7-8,10-14,22-24,34H,1-2,9,15-20H2,3-6H3/t22-,23+,24?,29+,30?/m1/s1. The van der Waals surface area contributed by atoms with Crippen LogP contribution in [-0.4, -0.2) is 81.7 Å². The molecule has 2 unspecified atom stereocenters. The van der Waals surface area contributed by atoms with Crippen molar-refractivity contribution in [3.05, 3.63) is 55.6 Å². The normalized spacial score (nSPS) is 29.8. The number of nitrogens with zero attached hydrogens (tertiary/aromatic N) is 3. The van der Waals surface area contributed by atoms with Gasteiger partial charge >= 0.3 is 0 Å². The van der Waals surface area contributed by atoms with Crippen molar-refractivity contribution >= 4 is 23.4 Å². The van der Waals surface area contributed by atoms with Crippen LogP contribution in [0.5, 0.6) is 0 Å². The van der Waals surface area contributed by atoms with E-state index in [1.807, 2.05) is 58.0 Å². The number of benzene rings is 1. The smallest absolute Gasteiger partial charge is 0.249 e. The quantitative estimate of drug-likeness (QED) is 0.476. The molecular weight excluding hydrogens is 482 g/mol. The van der Waals surface area contributed by atoms with Crippen LogP contribution < -0.4 is 4.90 Å². The minimum atomic E-state index is -1.14. The van der Waals surface area contributed by atoms with Crippen molar-refractivity contribution in [2.45, 2.75) is 69.7 Å². The summed E-state index contributed by atoms with van der Waals surface area (Å²) in [7, 11) is 0. The van der Waals surface area contributed by atoms with Crippen LogP contribution in [0.2, 0.25) is 0 Å². The molecule has 3 aliphatic heterocycles. The van der Waals surface area contributed by atoms with Gasteiger partial charge in [-0.2, -0.15) is 0 Å². The average Bonchev–Trinajstić information content (AvgIpc) is 3.49. The number of amides is 3. The summed E-state index contributed by atoms with van der Waals surface area (Å²) >= 11 is 0. The van der Waals surface area contributed by atoms with Crippen LogP contribution in [0.25, 0.3) is 0 Å². The SMILES string of the molecule is C=CCN(C(=O)[C@H]1[C@H]2C(=O)N(CCO)C(C(=O)N(CC=C)C(C)(C)C)C23CC[C@]1(CC)O3)c1ccccc1. The van der Waals surface area contributed by atoms with Gasteiger partial charge in [-0.3, -0.25) is 14.4 Å². The molecule has 1 aromatic carbocycles. The number of fused-ring (bicyclic) bond motifs is 1. The van der Waals surface area contributed by atoms with Crippen molar-refractivity contribution in [3.8, 4) is 0 Å². The zero-order valence-corrected chi connectivity index (χ0v) is 23.1. The lowest BCUT2D eigenvalue weighted by molar-refractivity contribution is -0.156. The van der Waals surface area contributed by atoms with E-state index in [9.17, 15) is 19.5 Å². The van der Waals surface area contributed by atoms with Gasteiger partial charge in [0.15, 0.2) is 0 Å². The summed E-state index contributed by atoms with van der Waals surface area (Å²) in [6, 6.07) is 8.42. The van der Waals surface area contributed by atoms with E-state index >= 15 is 0 Å². The average molecular weight is 524 g/mol. The number of hydrogen-bond donors (Lipinski definition) is 1. The molecule has 0 radical (unpaired) electrons. The van der Waals surface area contributed by atoms with E-state index < -0.39 is 34.6 Å². The van der Waals surface area contributed by atoms with Gasteiger partial charge in [0.05, 0.1) is 24.0 Å². The van der Waals surface area contributed by atoms with E-state index in [2.05, 4.69) is 13.2 Å². The van der Waals surface area contributed by atoms with Crippen molar-refractivity contribution in [2.24, 2.45) is 11.8 Å². The number of likely N-dealkylation sites (tertiary alicyclic amines) is 1. The molecule has 5 atom stereocenters. The Morgan fingerprint density at radius 2 is 1.79 bits per heavy atom. The van der Waals surface area contributed by atoms with Gasteiger partial charge in [-0.1, -0.05) is 37.3 Å². The minimum Gasteiger partial charge on any atom is -0.395 e. The second-order valence-corrected chi connectivity index (χ2v) is 11.6. The highest BCUT2D eigenvalue weighted by atomic mass is 16.5. The first kappa shape index (κ1) is 28.0. The lowest BCUT2D eigenvalue weighted by Gasteiger charge is -2.42. The fourth-order valence-electron chi connectivity index (χ4n) is 6.92. The number of aliphatic hydroxyl groups is 1. The van der Waals surface area contributed by atoms with Gasteiger partial charge in [-0.15, -0.1) is 13.2 Å². The number of para-hydroxylation sites is 1. The van der Waals surface area contributed by atoms with Gasteiger partial charge in [0.1, 0.15) is 11.6 Å². The number of anilines is 1. The van der Waals surface area contributed by atoms with Gasteiger partial charge in [-0.05, 0) is 52.2 Å². The maximum Gasteiger partial charge on any atom is 0.249 e. The highest BCUT2D eigenvalue weighted by molar-refractivity contribution is 6.03. The van der Waals surface area contributed by atoms with E-state index in [0.717, 1.165) is 5.69 Å². The first-order valence-electron chi connectivity index (χ1n) is 13.5. The molecule has 3 fully saturated rings. The lowest BCUT2D eigenvalue weighted by atomic mass is 9.64. The van der Waals surface area contributed by atoms with Crippen LogP contribution in [0.4, 0.5) is 5.69 Å². The first-order chi connectivity index (χ1) is 18.0. The summed E-state index contributed by atoms with van der Waals surface area (Å²) in [5.74, 6) is -2.31. The van der Waals surface area contributed by atoms with Crippen molar-refractivity contribution < 1.29 is 24.2 Å². The Morgan fingerprint density at radius 1 is 1.13 bits per heavy atom. The van der Waals surface area contributed by atoms with E-state index in [1.165, 1.54) is 4.90 Å². The third-order valence-electron chi connectivity index (χ3n) is 8.55. The van der Waals surface area contributed by atoms with Gasteiger partial charge < -0.3 is 24.5 Å². The third kappa shape index (κ3) is 4.18. The molecule has 1 spiro atoms. The third-order valence-corrected chi connectivity index (χ3v) is 8.55. The maximum atomic E-state index is 14.4. The summed E-state index contributed by atoms with van der Waals surface area (Å²) in [5, 5.41) is 9.89.